The van der Waals surface area contributed by atoms with Crippen LogP contribution in [0.2, 0.25) is 0 Å². The van der Waals surface area contributed by atoms with Crippen molar-refractivity contribution in [3.63, 3.8) is 0 Å². The monoisotopic (exact) mass is 360 g/mol. The first-order valence-corrected chi connectivity index (χ1v) is 9.09. The van der Waals surface area contributed by atoms with E-state index in [2.05, 4.69) is 23.9 Å². The predicted molar refractivity (Wildman–Crippen MR) is 100 cm³/mol. The first-order valence-electron chi connectivity index (χ1n) is 9.09. The van der Waals surface area contributed by atoms with Gasteiger partial charge in [-0.25, -0.2) is 0 Å². The summed E-state index contributed by atoms with van der Waals surface area (Å²) < 4.78 is 5.23. The highest BCUT2D eigenvalue weighted by atomic mass is 16.5. The molecule has 0 radical (unpaired) electrons. The molecule has 142 valence electrons. The molecule has 0 saturated carbocycles. The van der Waals surface area contributed by atoms with Gasteiger partial charge in [-0.05, 0) is 26.2 Å². The topological polar surface area (TPSA) is 56.3 Å². The second-order valence-corrected chi connectivity index (χ2v) is 7.16. The van der Waals surface area contributed by atoms with Gasteiger partial charge in [-0.15, -0.1) is 0 Å². The normalized spacial score (nSPS) is 22.6. The number of hydrogen-bond acceptors (Lipinski definition) is 5. The van der Waals surface area contributed by atoms with Crippen molar-refractivity contribution in [2.75, 3.05) is 65.4 Å². The van der Waals surface area contributed by atoms with Crippen molar-refractivity contribution in [1.29, 1.82) is 0 Å². The molecule has 0 N–H and O–H groups in total. The van der Waals surface area contributed by atoms with Crippen LogP contribution in [0.5, 0.6) is 5.75 Å². The fraction of sp³-hybridized carbons (Fsp3) is 0.579. The van der Waals surface area contributed by atoms with Gasteiger partial charge in [-0.1, -0.05) is 6.07 Å². The first kappa shape index (κ1) is 18.7. The van der Waals surface area contributed by atoms with Crippen molar-refractivity contribution in [2.45, 2.75) is 12.5 Å². The molecule has 3 rings (SSSR count). The Morgan fingerprint density at radius 1 is 1.19 bits per heavy atom. The molecule has 0 unspecified atom stereocenters. The number of piperazine rings is 2. The van der Waals surface area contributed by atoms with Crippen molar-refractivity contribution in [3.05, 3.63) is 24.3 Å². The Bertz CT molecular complexity index is 666. The number of likely N-dealkylation sites (N-methyl/N-ethyl adjacent to an activating group) is 2. The SMILES string of the molecule is COc1cccc(N2CCN(C(=O)C[C@H]3CN(C)CCN3C)CC2=O)c1. The Morgan fingerprint density at radius 2 is 2.00 bits per heavy atom. The molecule has 0 bridgehead atoms. The van der Waals surface area contributed by atoms with Crippen molar-refractivity contribution in [1.82, 2.24) is 14.7 Å². The molecule has 0 aliphatic carbocycles. The highest BCUT2D eigenvalue weighted by Crippen LogP contribution is 2.23. The summed E-state index contributed by atoms with van der Waals surface area (Å²) in [7, 11) is 5.76. The van der Waals surface area contributed by atoms with E-state index in [4.69, 9.17) is 4.74 Å². The summed E-state index contributed by atoms with van der Waals surface area (Å²) in [6.45, 7) is 4.10. The third-order valence-electron chi connectivity index (χ3n) is 5.33. The van der Waals surface area contributed by atoms with Gasteiger partial charge in [0.15, 0.2) is 0 Å². The van der Waals surface area contributed by atoms with Gasteiger partial charge in [0.2, 0.25) is 11.8 Å². The van der Waals surface area contributed by atoms with E-state index in [0.29, 0.717) is 19.5 Å². The molecule has 2 saturated heterocycles. The number of amides is 2. The quantitative estimate of drug-likeness (QED) is 0.783. The number of methoxy groups -OCH3 is 1. The molecule has 0 aromatic heterocycles. The summed E-state index contributed by atoms with van der Waals surface area (Å²) >= 11 is 0. The average Bonchev–Trinajstić information content (AvgIpc) is 2.64. The van der Waals surface area contributed by atoms with E-state index in [0.717, 1.165) is 31.1 Å². The number of carbonyl (C=O) groups excluding carboxylic acids is 2. The smallest absolute Gasteiger partial charge is 0.246 e. The molecule has 1 aromatic rings. The maximum Gasteiger partial charge on any atom is 0.246 e. The fourth-order valence-corrected chi connectivity index (χ4v) is 3.59. The van der Waals surface area contributed by atoms with E-state index >= 15 is 0 Å². The second-order valence-electron chi connectivity index (χ2n) is 7.16. The zero-order valence-corrected chi connectivity index (χ0v) is 15.9. The third-order valence-corrected chi connectivity index (χ3v) is 5.33. The third kappa shape index (κ3) is 4.16. The predicted octanol–water partition coefficient (Wildman–Crippen LogP) is 0.506. The van der Waals surface area contributed by atoms with Crippen LogP contribution in [-0.2, 0) is 9.59 Å². The lowest BCUT2D eigenvalue weighted by Gasteiger charge is -2.39. The highest BCUT2D eigenvalue weighted by Gasteiger charge is 2.31. The average molecular weight is 360 g/mol. The number of ether oxygens (including phenoxy) is 1. The fourth-order valence-electron chi connectivity index (χ4n) is 3.59. The number of nitrogens with zero attached hydrogens (tertiary/aromatic N) is 4. The van der Waals surface area contributed by atoms with Gasteiger partial charge in [-0.3, -0.25) is 9.59 Å². The van der Waals surface area contributed by atoms with Crippen LogP contribution in [0.25, 0.3) is 0 Å². The summed E-state index contributed by atoms with van der Waals surface area (Å²) in [5, 5.41) is 0. The Kier molecular flexibility index (Phi) is 5.78. The summed E-state index contributed by atoms with van der Waals surface area (Å²) in [5.41, 5.74) is 0.815. The van der Waals surface area contributed by atoms with Gasteiger partial charge >= 0.3 is 0 Å². The molecule has 2 amide bonds. The van der Waals surface area contributed by atoms with Gasteiger partial charge in [0.05, 0.1) is 7.11 Å². The number of rotatable bonds is 4. The van der Waals surface area contributed by atoms with Crippen molar-refractivity contribution in [3.8, 4) is 5.75 Å². The summed E-state index contributed by atoms with van der Waals surface area (Å²) in [5.74, 6) is 0.737. The lowest BCUT2D eigenvalue weighted by Crippen LogP contribution is -2.55. The van der Waals surface area contributed by atoms with Crippen LogP contribution in [0, 0.1) is 0 Å². The molecule has 2 aliphatic rings. The van der Waals surface area contributed by atoms with E-state index in [-0.39, 0.29) is 24.4 Å². The van der Waals surface area contributed by atoms with Gasteiger partial charge in [0, 0.05) is 56.9 Å². The van der Waals surface area contributed by atoms with Crippen LogP contribution in [0.3, 0.4) is 0 Å². The molecule has 1 atom stereocenters. The molecular formula is C19H28N4O3. The summed E-state index contributed by atoms with van der Waals surface area (Å²) in [4.78, 5) is 33.2. The first-order chi connectivity index (χ1) is 12.5. The summed E-state index contributed by atoms with van der Waals surface area (Å²) in [6, 6.07) is 7.68. The number of anilines is 1. The van der Waals surface area contributed by atoms with E-state index in [9.17, 15) is 9.59 Å². The zero-order valence-electron chi connectivity index (χ0n) is 15.9. The standard InChI is InChI=1S/C19H28N4O3/c1-20-7-8-21(2)16(13-20)12-18(24)22-9-10-23(19(25)14-22)15-5-4-6-17(11-15)26-3/h4-6,11,16H,7-10,12-14H2,1-3H3/t16-/m0/s1. The Hall–Kier alpha value is -2.12. The van der Waals surface area contributed by atoms with Crippen LogP contribution in [0.1, 0.15) is 6.42 Å². The minimum absolute atomic E-state index is 0.0491. The van der Waals surface area contributed by atoms with Crippen LogP contribution >= 0.6 is 0 Å². The molecule has 26 heavy (non-hydrogen) atoms. The number of carbonyl (C=O) groups is 2. The Labute approximate surface area is 155 Å². The van der Waals surface area contributed by atoms with Gasteiger partial charge in [0.1, 0.15) is 12.3 Å². The molecule has 2 aliphatic heterocycles. The molecular weight excluding hydrogens is 332 g/mol. The van der Waals surface area contributed by atoms with Gasteiger partial charge in [-0.2, -0.15) is 0 Å². The molecule has 7 heteroatoms. The molecule has 2 fully saturated rings. The van der Waals surface area contributed by atoms with Crippen LogP contribution in [0.15, 0.2) is 24.3 Å². The molecule has 0 spiro atoms. The summed E-state index contributed by atoms with van der Waals surface area (Å²) in [6.07, 6.45) is 0.466. The Balaban J connectivity index is 1.59. The lowest BCUT2D eigenvalue weighted by molar-refractivity contribution is -0.138. The lowest BCUT2D eigenvalue weighted by atomic mass is 10.1. The maximum atomic E-state index is 12.7. The highest BCUT2D eigenvalue weighted by molar-refractivity contribution is 5.98. The van der Waals surface area contributed by atoms with Crippen LogP contribution in [0.4, 0.5) is 5.69 Å². The van der Waals surface area contributed by atoms with Crippen LogP contribution < -0.4 is 9.64 Å². The van der Waals surface area contributed by atoms with Gasteiger partial charge in [0.25, 0.3) is 0 Å². The van der Waals surface area contributed by atoms with E-state index in [1.807, 2.05) is 24.3 Å². The second kappa shape index (κ2) is 8.05. The zero-order chi connectivity index (χ0) is 18.7. The molecule has 1 aromatic carbocycles. The number of benzene rings is 1. The van der Waals surface area contributed by atoms with Crippen molar-refractivity contribution >= 4 is 17.5 Å². The minimum atomic E-state index is -0.0491. The van der Waals surface area contributed by atoms with Crippen molar-refractivity contribution in [2.24, 2.45) is 0 Å². The molecule has 2 heterocycles. The van der Waals surface area contributed by atoms with E-state index in [1.165, 1.54) is 0 Å². The number of hydrogen-bond donors (Lipinski definition) is 0. The van der Waals surface area contributed by atoms with Crippen molar-refractivity contribution < 1.29 is 14.3 Å². The Morgan fingerprint density at radius 3 is 2.73 bits per heavy atom. The van der Waals surface area contributed by atoms with E-state index < -0.39 is 0 Å². The van der Waals surface area contributed by atoms with E-state index in [1.54, 1.807) is 16.9 Å². The largest absolute Gasteiger partial charge is 0.497 e. The maximum absolute atomic E-state index is 12.7. The molecule has 7 nitrogen and oxygen atoms in total. The van der Waals surface area contributed by atoms with Crippen LogP contribution in [-0.4, -0.2) is 93.0 Å². The van der Waals surface area contributed by atoms with Gasteiger partial charge < -0.3 is 24.3 Å². The minimum Gasteiger partial charge on any atom is -0.497 e.